The highest BCUT2D eigenvalue weighted by molar-refractivity contribution is 7.99. The molecule has 0 aliphatic carbocycles. The second kappa shape index (κ2) is 8.42. The van der Waals surface area contributed by atoms with Crippen molar-refractivity contribution in [2.45, 2.75) is 11.3 Å². The van der Waals surface area contributed by atoms with Crippen LogP contribution >= 0.6 is 23.5 Å². The zero-order chi connectivity index (χ0) is 14.2. The summed E-state index contributed by atoms with van der Waals surface area (Å²) in [6, 6.07) is 6.60. The van der Waals surface area contributed by atoms with Crippen LogP contribution in [0, 0.1) is 5.82 Å². The predicted octanol–water partition coefficient (Wildman–Crippen LogP) is 2.67. The van der Waals surface area contributed by atoms with E-state index in [2.05, 4.69) is 9.89 Å². The molecule has 1 heterocycles. The molecular formula is C14H20FN3S2. The molecule has 1 aliphatic rings. The SMILES string of the molecule is NC(=NCCCSc1ccc(F)cc1)N1CCSCC1. The fraction of sp³-hybridized carbons (Fsp3) is 0.500. The van der Waals surface area contributed by atoms with Crippen molar-refractivity contribution in [2.24, 2.45) is 10.7 Å². The summed E-state index contributed by atoms with van der Waals surface area (Å²) in [5, 5.41) is 0. The van der Waals surface area contributed by atoms with E-state index in [1.165, 1.54) is 12.1 Å². The first kappa shape index (κ1) is 15.5. The zero-order valence-corrected chi connectivity index (χ0v) is 13.1. The molecule has 6 heteroatoms. The van der Waals surface area contributed by atoms with E-state index in [1.54, 1.807) is 11.8 Å². The fourth-order valence-corrected chi connectivity index (χ4v) is 3.61. The van der Waals surface area contributed by atoms with Gasteiger partial charge in [-0.25, -0.2) is 4.39 Å². The van der Waals surface area contributed by atoms with Crippen LogP contribution in [0.25, 0.3) is 0 Å². The van der Waals surface area contributed by atoms with Gasteiger partial charge < -0.3 is 10.6 Å². The quantitative estimate of drug-likeness (QED) is 0.393. The summed E-state index contributed by atoms with van der Waals surface area (Å²) in [5.74, 6) is 3.73. The topological polar surface area (TPSA) is 41.6 Å². The van der Waals surface area contributed by atoms with Gasteiger partial charge in [-0.1, -0.05) is 0 Å². The van der Waals surface area contributed by atoms with E-state index in [9.17, 15) is 4.39 Å². The van der Waals surface area contributed by atoms with Crippen molar-refractivity contribution in [3.05, 3.63) is 30.1 Å². The van der Waals surface area contributed by atoms with Crippen molar-refractivity contribution in [1.82, 2.24) is 4.90 Å². The van der Waals surface area contributed by atoms with Crippen LogP contribution in [0.5, 0.6) is 0 Å². The van der Waals surface area contributed by atoms with Gasteiger partial charge in [0.1, 0.15) is 5.82 Å². The Morgan fingerprint density at radius 2 is 2.00 bits per heavy atom. The van der Waals surface area contributed by atoms with Crippen LogP contribution in [0.15, 0.2) is 34.2 Å². The minimum Gasteiger partial charge on any atom is -0.370 e. The van der Waals surface area contributed by atoms with Gasteiger partial charge in [-0.05, 0) is 36.4 Å². The first-order valence-corrected chi connectivity index (χ1v) is 8.91. The van der Waals surface area contributed by atoms with Crippen molar-refractivity contribution in [1.29, 1.82) is 0 Å². The summed E-state index contributed by atoms with van der Waals surface area (Å²) in [6.07, 6.45) is 0.978. The van der Waals surface area contributed by atoms with Crippen LogP contribution < -0.4 is 5.73 Å². The first-order valence-electron chi connectivity index (χ1n) is 6.77. The monoisotopic (exact) mass is 313 g/mol. The molecule has 1 aromatic rings. The first-order chi connectivity index (χ1) is 9.75. The molecule has 20 heavy (non-hydrogen) atoms. The highest BCUT2D eigenvalue weighted by atomic mass is 32.2. The molecule has 0 atom stereocenters. The van der Waals surface area contributed by atoms with Gasteiger partial charge in [-0.3, -0.25) is 4.99 Å². The van der Waals surface area contributed by atoms with Gasteiger partial charge in [0.15, 0.2) is 5.96 Å². The van der Waals surface area contributed by atoms with Gasteiger partial charge in [0.05, 0.1) is 0 Å². The maximum atomic E-state index is 12.7. The molecular weight excluding hydrogens is 293 g/mol. The van der Waals surface area contributed by atoms with Gasteiger partial charge in [0.2, 0.25) is 0 Å². The third kappa shape index (κ3) is 5.25. The van der Waals surface area contributed by atoms with Crippen molar-refractivity contribution >= 4 is 29.5 Å². The van der Waals surface area contributed by atoms with Gasteiger partial charge in [0, 0.05) is 36.0 Å². The maximum Gasteiger partial charge on any atom is 0.191 e. The van der Waals surface area contributed by atoms with Crippen molar-refractivity contribution < 1.29 is 4.39 Å². The van der Waals surface area contributed by atoms with E-state index < -0.39 is 0 Å². The summed E-state index contributed by atoms with van der Waals surface area (Å²) in [7, 11) is 0. The lowest BCUT2D eigenvalue weighted by Crippen LogP contribution is -2.42. The average Bonchev–Trinajstić information content (AvgIpc) is 2.49. The second-order valence-corrected chi connectivity index (χ2v) is 6.89. The van der Waals surface area contributed by atoms with Crippen LogP contribution in [0.4, 0.5) is 4.39 Å². The number of hydrogen-bond donors (Lipinski definition) is 1. The maximum absolute atomic E-state index is 12.7. The number of halogens is 1. The van der Waals surface area contributed by atoms with E-state index >= 15 is 0 Å². The molecule has 0 saturated carbocycles. The third-order valence-electron chi connectivity index (χ3n) is 2.99. The molecule has 2 N–H and O–H groups in total. The Labute approximate surface area is 128 Å². The van der Waals surface area contributed by atoms with Crippen molar-refractivity contribution in [2.75, 3.05) is 36.9 Å². The Hall–Kier alpha value is -0.880. The van der Waals surface area contributed by atoms with Gasteiger partial charge in [0.25, 0.3) is 0 Å². The van der Waals surface area contributed by atoms with Gasteiger partial charge in [-0.2, -0.15) is 11.8 Å². The second-order valence-electron chi connectivity index (χ2n) is 4.50. The molecule has 0 unspecified atom stereocenters. The lowest BCUT2D eigenvalue weighted by Gasteiger charge is -2.27. The Kier molecular flexibility index (Phi) is 6.53. The normalized spacial score (nSPS) is 16.4. The minimum atomic E-state index is -0.189. The van der Waals surface area contributed by atoms with Crippen LogP contribution in [0.1, 0.15) is 6.42 Å². The average molecular weight is 313 g/mol. The number of nitrogens with zero attached hydrogens (tertiary/aromatic N) is 2. The highest BCUT2D eigenvalue weighted by Crippen LogP contribution is 2.18. The Morgan fingerprint density at radius 1 is 1.30 bits per heavy atom. The lowest BCUT2D eigenvalue weighted by atomic mass is 10.4. The molecule has 1 aromatic carbocycles. The molecule has 3 nitrogen and oxygen atoms in total. The predicted molar refractivity (Wildman–Crippen MR) is 87.1 cm³/mol. The molecule has 0 amide bonds. The summed E-state index contributed by atoms with van der Waals surface area (Å²) in [6.45, 7) is 2.76. The number of guanidine groups is 1. The molecule has 0 spiro atoms. The van der Waals surface area contributed by atoms with Gasteiger partial charge in [-0.15, -0.1) is 11.8 Å². The smallest absolute Gasteiger partial charge is 0.191 e. The molecule has 0 radical (unpaired) electrons. The Balaban J connectivity index is 1.64. The summed E-state index contributed by atoms with van der Waals surface area (Å²) in [5.41, 5.74) is 5.98. The summed E-state index contributed by atoms with van der Waals surface area (Å²) < 4.78 is 12.7. The number of thioether (sulfide) groups is 2. The Morgan fingerprint density at radius 3 is 2.70 bits per heavy atom. The van der Waals surface area contributed by atoms with E-state index in [4.69, 9.17) is 5.73 Å². The molecule has 0 bridgehead atoms. The molecule has 1 fully saturated rings. The summed E-state index contributed by atoms with van der Waals surface area (Å²) in [4.78, 5) is 7.68. The largest absolute Gasteiger partial charge is 0.370 e. The third-order valence-corrected chi connectivity index (χ3v) is 5.03. The van der Waals surface area contributed by atoms with E-state index in [1.807, 2.05) is 23.9 Å². The number of aliphatic imine (C=N–C) groups is 1. The van der Waals surface area contributed by atoms with E-state index in [-0.39, 0.29) is 5.82 Å². The number of hydrogen-bond acceptors (Lipinski definition) is 3. The number of benzene rings is 1. The van der Waals surface area contributed by atoms with Crippen LogP contribution in [-0.4, -0.2) is 47.8 Å². The Bertz CT molecular complexity index is 431. The standard InChI is InChI=1S/C14H20FN3S2/c15-12-2-4-13(5-3-12)20-9-1-6-17-14(16)18-7-10-19-11-8-18/h2-5H,1,6-11H2,(H2,16,17). The van der Waals surface area contributed by atoms with Crippen molar-refractivity contribution in [3.8, 4) is 0 Å². The minimum absolute atomic E-state index is 0.189. The van der Waals surface area contributed by atoms with Crippen LogP contribution in [0.3, 0.4) is 0 Å². The lowest BCUT2D eigenvalue weighted by molar-refractivity contribution is 0.456. The molecule has 1 aliphatic heterocycles. The number of rotatable bonds is 5. The molecule has 1 saturated heterocycles. The molecule has 0 aromatic heterocycles. The molecule has 2 rings (SSSR count). The van der Waals surface area contributed by atoms with Crippen LogP contribution in [-0.2, 0) is 0 Å². The van der Waals surface area contributed by atoms with Crippen molar-refractivity contribution in [3.63, 3.8) is 0 Å². The van der Waals surface area contributed by atoms with E-state index in [0.29, 0.717) is 5.96 Å². The number of nitrogens with two attached hydrogens (primary N) is 1. The highest BCUT2D eigenvalue weighted by Gasteiger charge is 2.11. The zero-order valence-electron chi connectivity index (χ0n) is 11.4. The fourth-order valence-electron chi connectivity index (χ4n) is 1.87. The van der Waals surface area contributed by atoms with Crippen LogP contribution in [0.2, 0.25) is 0 Å². The molecule has 110 valence electrons. The van der Waals surface area contributed by atoms with E-state index in [0.717, 1.165) is 48.2 Å². The van der Waals surface area contributed by atoms with Gasteiger partial charge >= 0.3 is 0 Å². The summed E-state index contributed by atoms with van der Waals surface area (Å²) >= 11 is 3.69.